The summed E-state index contributed by atoms with van der Waals surface area (Å²) in [5.74, 6) is 0.134. The molecule has 6 heteroatoms. The van der Waals surface area contributed by atoms with Gasteiger partial charge in [-0.15, -0.1) is 11.3 Å². The molecule has 1 unspecified atom stereocenters. The van der Waals surface area contributed by atoms with Crippen LogP contribution < -0.4 is 0 Å². The Labute approximate surface area is 188 Å². The summed E-state index contributed by atoms with van der Waals surface area (Å²) in [7, 11) is 2.18. The standard InChI is InChI=1S/C25H30N4OS/c1-27-14-16-28(17-15-27)18-19-9-11-20(12-10-19)25(30)29-13-5-4-7-22(29)24-26-21-6-2-3-8-23(21)31-24/h2-3,6,8-12,22H,4-5,7,13-18H2,1H3. The molecule has 0 saturated carbocycles. The van der Waals surface area contributed by atoms with Crippen LogP contribution in [-0.2, 0) is 6.54 Å². The van der Waals surface area contributed by atoms with Crippen molar-refractivity contribution in [3.05, 3.63) is 64.7 Å². The van der Waals surface area contributed by atoms with Crippen LogP contribution in [0, 0.1) is 0 Å². The quantitative estimate of drug-likeness (QED) is 0.610. The maximum atomic E-state index is 13.4. The molecule has 0 aliphatic carbocycles. The van der Waals surface area contributed by atoms with Gasteiger partial charge in [0.1, 0.15) is 5.01 Å². The maximum absolute atomic E-state index is 13.4. The Hall–Kier alpha value is -2.28. The highest BCUT2D eigenvalue weighted by Crippen LogP contribution is 2.36. The molecule has 162 valence electrons. The molecule has 5 rings (SSSR count). The molecule has 5 nitrogen and oxygen atoms in total. The van der Waals surface area contributed by atoms with Crippen molar-refractivity contribution in [3.63, 3.8) is 0 Å². The Balaban J connectivity index is 1.30. The van der Waals surface area contributed by atoms with Gasteiger partial charge in [-0.3, -0.25) is 9.69 Å². The molecule has 2 fully saturated rings. The third-order valence-electron chi connectivity index (χ3n) is 6.56. The van der Waals surface area contributed by atoms with E-state index in [1.807, 2.05) is 18.2 Å². The van der Waals surface area contributed by atoms with Gasteiger partial charge in [0, 0.05) is 44.8 Å². The van der Waals surface area contributed by atoms with E-state index in [1.165, 1.54) is 10.3 Å². The summed E-state index contributed by atoms with van der Waals surface area (Å²) >= 11 is 1.73. The second kappa shape index (κ2) is 9.07. The van der Waals surface area contributed by atoms with Gasteiger partial charge in [0.15, 0.2) is 0 Å². The smallest absolute Gasteiger partial charge is 0.254 e. The minimum Gasteiger partial charge on any atom is -0.329 e. The molecule has 2 aliphatic heterocycles. The largest absolute Gasteiger partial charge is 0.329 e. The number of aromatic nitrogens is 1. The van der Waals surface area contributed by atoms with Gasteiger partial charge >= 0.3 is 0 Å². The zero-order valence-electron chi connectivity index (χ0n) is 18.2. The van der Waals surface area contributed by atoms with Crippen molar-refractivity contribution in [2.24, 2.45) is 0 Å². The SMILES string of the molecule is CN1CCN(Cc2ccc(C(=O)N3CCCCC3c3nc4ccccc4s3)cc2)CC1. The molecule has 0 N–H and O–H groups in total. The van der Waals surface area contributed by atoms with Crippen LogP contribution in [0.3, 0.4) is 0 Å². The van der Waals surface area contributed by atoms with Crippen LogP contribution in [0.5, 0.6) is 0 Å². The summed E-state index contributed by atoms with van der Waals surface area (Å²) in [6.45, 7) is 6.23. The number of rotatable bonds is 4. The number of piperidine rings is 1. The van der Waals surface area contributed by atoms with Gasteiger partial charge in [0.05, 0.1) is 16.3 Å². The molecular formula is C25H30N4OS. The number of carbonyl (C=O) groups is 1. The summed E-state index contributed by atoms with van der Waals surface area (Å²) in [5, 5.41) is 1.07. The number of likely N-dealkylation sites (N-methyl/N-ethyl adjacent to an activating group) is 1. The van der Waals surface area contributed by atoms with E-state index in [-0.39, 0.29) is 11.9 Å². The maximum Gasteiger partial charge on any atom is 0.254 e. The van der Waals surface area contributed by atoms with Gasteiger partial charge < -0.3 is 9.80 Å². The number of hydrogen-bond donors (Lipinski definition) is 0. The first-order chi connectivity index (χ1) is 15.2. The lowest BCUT2D eigenvalue weighted by atomic mass is 10.0. The van der Waals surface area contributed by atoms with Gasteiger partial charge in [0.25, 0.3) is 5.91 Å². The van der Waals surface area contributed by atoms with Crippen molar-refractivity contribution in [3.8, 4) is 0 Å². The Kier molecular flexibility index (Phi) is 6.03. The van der Waals surface area contributed by atoms with Crippen LogP contribution in [0.1, 0.15) is 46.2 Å². The van der Waals surface area contributed by atoms with E-state index in [0.29, 0.717) is 0 Å². The minimum atomic E-state index is 0.0867. The normalized spacial score (nSPS) is 20.9. The predicted octanol–water partition coefficient (Wildman–Crippen LogP) is 4.41. The monoisotopic (exact) mass is 434 g/mol. The molecule has 0 spiro atoms. The molecule has 1 amide bonds. The molecule has 3 heterocycles. The van der Waals surface area contributed by atoms with Crippen LogP contribution in [0.25, 0.3) is 10.2 Å². The molecule has 0 bridgehead atoms. The second-order valence-corrected chi connectivity index (χ2v) is 9.87. The van der Waals surface area contributed by atoms with Gasteiger partial charge in [-0.05, 0) is 56.1 Å². The summed E-state index contributed by atoms with van der Waals surface area (Å²) < 4.78 is 1.20. The van der Waals surface area contributed by atoms with Crippen LogP contribution in [0.2, 0.25) is 0 Å². The Bertz CT molecular complexity index is 1010. The van der Waals surface area contributed by atoms with Gasteiger partial charge in [-0.1, -0.05) is 24.3 Å². The van der Waals surface area contributed by atoms with E-state index >= 15 is 0 Å². The number of para-hydroxylation sites is 1. The number of thiazole rings is 1. The first kappa shape index (κ1) is 20.6. The molecular weight excluding hydrogens is 404 g/mol. The highest BCUT2D eigenvalue weighted by atomic mass is 32.1. The Morgan fingerprint density at radius 1 is 1.00 bits per heavy atom. The number of likely N-dealkylation sites (tertiary alicyclic amines) is 1. The van der Waals surface area contributed by atoms with E-state index < -0.39 is 0 Å². The fourth-order valence-corrected chi connectivity index (χ4v) is 5.76. The number of benzene rings is 2. The van der Waals surface area contributed by atoms with E-state index in [0.717, 1.165) is 74.6 Å². The molecule has 1 aromatic heterocycles. The molecule has 0 radical (unpaired) electrons. The van der Waals surface area contributed by atoms with Crippen molar-refractivity contribution < 1.29 is 4.79 Å². The van der Waals surface area contributed by atoms with Crippen molar-refractivity contribution in [1.29, 1.82) is 0 Å². The molecule has 31 heavy (non-hydrogen) atoms. The van der Waals surface area contributed by atoms with Crippen molar-refractivity contribution in [1.82, 2.24) is 19.7 Å². The van der Waals surface area contributed by atoms with Gasteiger partial charge in [-0.2, -0.15) is 0 Å². The highest BCUT2D eigenvalue weighted by Gasteiger charge is 2.31. The van der Waals surface area contributed by atoms with Gasteiger partial charge in [-0.25, -0.2) is 4.98 Å². The average molecular weight is 435 g/mol. The lowest BCUT2D eigenvalue weighted by Crippen LogP contribution is -2.43. The summed E-state index contributed by atoms with van der Waals surface area (Å²) in [6.07, 6.45) is 3.20. The fourth-order valence-electron chi connectivity index (χ4n) is 4.65. The number of amides is 1. The van der Waals surface area contributed by atoms with Crippen LogP contribution in [0.4, 0.5) is 0 Å². The number of piperazine rings is 1. The van der Waals surface area contributed by atoms with E-state index in [9.17, 15) is 4.79 Å². The number of hydrogen-bond acceptors (Lipinski definition) is 5. The van der Waals surface area contributed by atoms with E-state index in [4.69, 9.17) is 4.98 Å². The highest BCUT2D eigenvalue weighted by molar-refractivity contribution is 7.18. The zero-order valence-corrected chi connectivity index (χ0v) is 19.0. The molecule has 1 atom stereocenters. The molecule has 2 aliphatic rings. The van der Waals surface area contributed by atoms with Crippen molar-refractivity contribution >= 4 is 27.5 Å². The number of nitrogens with zero attached hydrogens (tertiary/aromatic N) is 4. The van der Waals surface area contributed by atoms with Crippen molar-refractivity contribution in [2.45, 2.75) is 31.8 Å². The van der Waals surface area contributed by atoms with Gasteiger partial charge in [0.2, 0.25) is 0 Å². The topological polar surface area (TPSA) is 39.7 Å². The third-order valence-corrected chi connectivity index (χ3v) is 7.70. The Morgan fingerprint density at radius 2 is 1.77 bits per heavy atom. The van der Waals surface area contributed by atoms with E-state index in [2.05, 4.69) is 52.1 Å². The zero-order chi connectivity index (χ0) is 21.2. The summed E-state index contributed by atoms with van der Waals surface area (Å²) in [4.78, 5) is 25.2. The predicted molar refractivity (Wildman–Crippen MR) is 126 cm³/mol. The van der Waals surface area contributed by atoms with Crippen LogP contribution in [0.15, 0.2) is 48.5 Å². The molecule has 2 saturated heterocycles. The fraction of sp³-hybridized carbons (Fsp3) is 0.440. The average Bonchev–Trinajstić information content (AvgIpc) is 3.25. The summed E-state index contributed by atoms with van der Waals surface area (Å²) in [6, 6.07) is 16.6. The first-order valence-corrected chi connectivity index (χ1v) is 12.2. The third kappa shape index (κ3) is 4.52. The first-order valence-electron chi connectivity index (χ1n) is 11.3. The lowest BCUT2D eigenvalue weighted by molar-refractivity contribution is 0.0611. The van der Waals surface area contributed by atoms with E-state index in [1.54, 1.807) is 11.3 Å². The second-order valence-electron chi connectivity index (χ2n) is 8.81. The number of carbonyl (C=O) groups excluding carboxylic acids is 1. The molecule has 3 aromatic rings. The summed E-state index contributed by atoms with van der Waals surface area (Å²) in [5.41, 5.74) is 3.10. The van der Waals surface area contributed by atoms with Crippen LogP contribution in [-0.4, -0.2) is 65.4 Å². The van der Waals surface area contributed by atoms with Crippen molar-refractivity contribution in [2.75, 3.05) is 39.8 Å². The Morgan fingerprint density at radius 3 is 2.55 bits per heavy atom. The van der Waals surface area contributed by atoms with Crippen LogP contribution >= 0.6 is 11.3 Å². The lowest BCUT2D eigenvalue weighted by Gasteiger charge is -2.34. The number of fused-ring (bicyclic) bond motifs is 1. The molecule has 2 aromatic carbocycles. The minimum absolute atomic E-state index is 0.0867.